The van der Waals surface area contributed by atoms with E-state index in [0.717, 1.165) is 45.4 Å². The van der Waals surface area contributed by atoms with Gasteiger partial charge in [0.25, 0.3) is 0 Å². The number of aromatic nitrogens is 4. The highest BCUT2D eigenvalue weighted by molar-refractivity contribution is 5.76. The molecule has 0 radical (unpaired) electrons. The molecule has 3 rings (SSSR count). The van der Waals surface area contributed by atoms with Crippen LogP contribution in [-0.4, -0.2) is 68.9 Å². The fourth-order valence-corrected chi connectivity index (χ4v) is 3.70. The number of carbonyl (C=O) groups excluding carboxylic acids is 1. The number of hydrogen-bond acceptors (Lipinski definition) is 7. The minimum Gasteiger partial charge on any atom is -0.396 e. The molecule has 1 atom stereocenters. The summed E-state index contributed by atoms with van der Waals surface area (Å²) in [7, 11) is 0. The molecule has 122 valence electrons. The number of nitrogens with two attached hydrogens (primary N) is 1. The third kappa shape index (κ3) is 2.78. The fourth-order valence-electron chi connectivity index (χ4n) is 3.70. The van der Waals surface area contributed by atoms with Crippen molar-refractivity contribution in [3.8, 4) is 0 Å². The number of amides is 1. The number of rotatable bonds is 3. The Hall–Kier alpha value is -1.74. The van der Waals surface area contributed by atoms with Gasteiger partial charge in [-0.2, -0.15) is 0 Å². The molecule has 1 amide bonds. The number of likely N-dealkylation sites (tertiary alicyclic amines) is 1. The Morgan fingerprint density at radius 2 is 2.18 bits per heavy atom. The molecule has 22 heavy (non-hydrogen) atoms. The number of carbonyl (C=O) groups is 1. The molecule has 9 heteroatoms. The SMILES string of the molecule is Nc1nnnn1CC(=O)N1CCC2(CCNC[C@@H]2CO)CC1. The number of tetrazole rings is 1. The third-order valence-corrected chi connectivity index (χ3v) is 5.23. The molecule has 2 fully saturated rings. The summed E-state index contributed by atoms with van der Waals surface area (Å²) in [6.45, 7) is 3.59. The van der Waals surface area contributed by atoms with Gasteiger partial charge in [0.1, 0.15) is 6.54 Å². The first kappa shape index (κ1) is 15.2. The quantitative estimate of drug-likeness (QED) is 0.619. The van der Waals surface area contributed by atoms with Crippen LogP contribution in [0, 0.1) is 11.3 Å². The zero-order valence-corrected chi connectivity index (χ0v) is 12.6. The Morgan fingerprint density at radius 3 is 2.82 bits per heavy atom. The van der Waals surface area contributed by atoms with Gasteiger partial charge < -0.3 is 21.1 Å². The molecule has 3 heterocycles. The molecule has 0 saturated carbocycles. The van der Waals surface area contributed by atoms with Crippen molar-refractivity contribution in [2.45, 2.75) is 25.8 Å². The van der Waals surface area contributed by atoms with Gasteiger partial charge in [0.2, 0.25) is 11.9 Å². The second-order valence-electron chi connectivity index (χ2n) is 6.27. The molecule has 2 saturated heterocycles. The summed E-state index contributed by atoms with van der Waals surface area (Å²) >= 11 is 0. The van der Waals surface area contributed by atoms with E-state index < -0.39 is 0 Å². The lowest BCUT2D eigenvalue weighted by Gasteiger charge is -2.49. The van der Waals surface area contributed by atoms with Gasteiger partial charge in [0.05, 0.1) is 0 Å². The van der Waals surface area contributed by atoms with Crippen molar-refractivity contribution in [1.29, 1.82) is 0 Å². The Balaban J connectivity index is 1.59. The van der Waals surface area contributed by atoms with Crippen LogP contribution < -0.4 is 11.1 Å². The molecular formula is C13H23N7O2. The molecule has 2 aliphatic heterocycles. The van der Waals surface area contributed by atoms with Gasteiger partial charge in [-0.25, -0.2) is 4.68 Å². The molecule has 0 aliphatic carbocycles. The van der Waals surface area contributed by atoms with E-state index in [1.165, 1.54) is 4.68 Å². The zero-order valence-electron chi connectivity index (χ0n) is 12.6. The summed E-state index contributed by atoms with van der Waals surface area (Å²) in [5.74, 6) is 0.428. The van der Waals surface area contributed by atoms with E-state index in [9.17, 15) is 9.90 Å². The van der Waals surface area contributed by atoms with Crippen LogP contribution in [0.5, 0.6) is 0 Å². The number of hydrogen-bond donors (Lipinski definition) is 3. The van der Waals surface area contributed by atoms with Crippen LogP contribution in [0.3, 0.4) is 0 Å². The molecule has 1 spiro atoms. The van der Waals surface area contributed by atoms with E-state index in [-0.39, 0.29) is 36.3 Å². The third-order valence-electron chi connectivity index (χ3n) is 5.23. The van der Waals surface area contributed by atoms with Gasteiger partial charge in [0.15, 0.2) is 0 Å². The van der Waals surface area contributed by atoms with Gasteiger partial charge in [-0.3, -0.25) is 4.79 Å². The summed E-state index contributed by atoms with van der Waals surface area (Å²) in [4.78, 5) is 14.2. The van der Waals surface area contributed by atoms with E-state index in [1.54, 1.807) is 0 Å². The number of anilines is 1. The molecule has 1 aromatic rings. The zero-order chi connectivity index (χ0) is 15.6. The Morgan fingerprint density at radius 1 is 1.41 bits per heavy atom. The fraction of sp³-hybridized carbons (Fsp3) is 0.846. The number of nitrogen functional groups attached to an aromatic ring is 1. The first-order chi connectivity index (χ1) is 10.6. The van der Waals surface area contributed by atoms with Crippen LogP contribution in [0.4, 0.5) is 5.95 Å². The van der Waals surface area contributed by atoms with Crippen molar-refractivity contribution in [3.63, 3.8) is 0 Å². The second kappa shape index (κ2) is 6.17. The van der Waals surface area contributed by atoms with Gasteiger partial charge in [0, 0.05) is 32.2 Å². The lowest BCUT2D eigenvalue weighted by atomic mass is 9.65. The average molecular weight is 309 g/mol. The smallest absolute Gasteiger partial charge is 0.244 e. The molecule has 0 bridgehead atoms. The van der Waals surface area contributed by atoms with Crippen LogP contribution in [0.1, 0.15) is 19.3 Å². The highest BCUT2D eigenvalue weighted by atomic mass is 16.3. The van der Waals surface area contributed by atoms with Crippen molar-refractivity contribution in [3.05, 3.63) is 0 Å². The van der Waals surface area contributed by atoms with Crippen LogP contribution in [0.15, 0.2) is 0 Å². The first-order valence-electron chi connectivity index (χ1n) is 7.76. The standard InChI is InChI=1S/C13H23N7O2/c14-12-16-17-18-20(12)8-11(22)19-5-2-13(3-6-19)1-4-15-7-10(13)9-21/h10,15,21H,1-9H2,(H2,14,16,18)/t10-/m1/s1. The largest absolute Gasteiger partial charge is 0.396 e. The van der Waals surface area contributed by atoms with Crippen molar-refractivity contribution in [1.82, 2.24) is 30.4 Å². The summed E-state index contributed by atoms with van der Waals surface area (Å²) in [6, 6.07) is 0. The highest BCUT2D eigenvalue weighted by Gasteiger charge is 2.43. The van der Waals surface area contributed by atoms with Crippen molar-refractivity contribution < 1.29 is 9.90 Å². The summed E-state index contributed by atoms with van der Waals surface area (Å²) in [6.07, 6.45) is 2.95. The minimum absolute atomic E-state index is 0.0108. The molecule has 2 aliphatic rings. The summed E-state index contributed by atoms with van der Waals surface area (Å²) < 4.78 is 1.31. The Kier molecular flexibility index (Phi) is 4.25. The van der Waals surface area contributed by atoms with Gasteiger partial charge >= 0.3 is 0 Å². The topological polar surface area (TPSA) is 122 Å². The van der Waals surface area contributed by atoms with Gasteiger partial charge in [-0.1, -0.05) is 5.10 Å². The highest BCUT2D eigenvalue weighted by Crippen LogP contribution is 2.43. The van der Waals surface area contributed by atoms with E-state index in [4.69, 9.17) is 5.73 Å². The van der Waals surface area contributed by atoms with Gasteiger partial charge in [-0.15, -0.1) is 0 Å². The van der Waals surface area contributed by atoms with Crippen LogP contribution in [0.2, 0.25) is 0 Å². The van der Waals surface area contributed by atoms with Gasteiger partial charge in [-0.05, 0) is 41.6 Å². The number of nitrogens with one attached hydrogen (secondary N) is 1. The maximum Gasteiger partial charge on any atom is 0.244 e. The molecular weight excluding hydrogens is 286 g/mol. The van der Waals surface area contributed by atoms with Crippen LogP contribution in [-0.2, 0) is 11.3 Å². The molecule has 4 N–H and O–H groups in total. The Bertz CT molecular complexity index is 524. The number of nitrogens with zero attached hydrogens (tertiary/aromatic N) is 5. The Labute approximate surface area is 128 Å². The molecule has 0 aromatic carbocycles. The van der Waals surface area contributed by atoms with Crippen molar-refractivity contribution in [2.75, 3.05) is 38.5 Å². The predicted octanol–water partition coefficient (Wildman–Crippen LogP) is -1.53. The number of piperidine rings is 2. The van der Waals surface area contributed by atoms with E-state index in [1.807, 2.05) is 4.90 Å². The van der Waals surface area contributed by atoms with E-state index in [2.05, 4.69) is 20.8 Å². The maximum atomic E-state index is 12.3. The average Bonchev–Trinajstić information content (AvgIpc) is 2.93. The van der Waals surface area contributed by atoms with E-state index in [0.29, 0.717) is 0 Å². The first-order valence-corrected chi connectivity index (χ1v) is 7.76. The van der Waals surface area contributed by atoms with Crippen molar-refractivity contribution >= 4 is 11.9 Å². The number of aliphatic hydroxyl groups excluding tert-OH is 1. The normalized spacial score (nSPS) is 24.6. The number of aliphatic hydroxyl groups is 1. The van der Waals surface area contributed by atoms with Crippen molar-refractivity contribution in [2.24, 2.45) is 11.3 Å². The molecule has 1 aromatic heterocycles. The lowest BCUT2D eigenvalue weighted by Crippen LogP contribution is -2.53. The monoisotopic (exact) mass is 309 g/mol. The second-order valence-corrected chi connectivity index (χ2v) is 6.27. The van der Waals surface area contributed by atoms with Crippen LogP contribution in [0.25, 0.3) is 0 Å². The summed E-state index contributed by atoms with van der Waals surface area (Å²) in [5.41, 5.74) is 5.76. The minimum atomic E-state index is -0.0108. The molecule has 9 nitrogen and oxygen atoms in total. The predicted molar refractivity (Wildman–Crippen MR) is 78.5 cm³/mol. The van der Waals surface area contributed by atoms with Crippen LogP contribution >= 0.6 is 0 Å². The maximum absolute atomic E-state index is 12.3. The summed E-state index contributed by atoms with van der Waals surface area (Å²) in [5, 5.41) is 23.7. The lowest BCUT2D eigenvalue weighted by molar-refractivity contribution is -0.135. The van der Waals surface area contributed by atoms with E-state index >= 15 is 0 Å². The molecule has 0 unspecified atom stereocenters.